The van der Waals surface area contributed by atoms with Gasteiger partial charge in [0.05, 0.1) is 10.7 Å². The first kappa shape index (κ1) is 3.61. The molecule has 1 nitrogen and oxygen atoms in total. The Bertz CT molecular complexity index is 161. The van der Waals surface area contributed by atoms with Gasteiger partial charge in [-0.3, -0.25) is 0 Å². The summed E-state index contributed by atoms with van der Waals surface area (Å²) >= 11 is 1.78. The van der Waals surface area contributed by atoms with Crippen molar-refractivity contribution in [3.05, 3.63) is 16.1 Å². The van der Waals surface area contributed by atoms with Crippen molar-refractivity contribution in [3.63, 3.8) is 0 Å². The van der Waals surface area contributed by atoms with Gasteiger partial charge in [0.15, 0.2) is 0 Å². The Morgan fingerprint density at radius 1 is 1.57 bits per heavy atom. The van der Waals surface area contributed by atoms with Gasteiger partial charge in [0.25, 0.3) is 0 Å². The first-order valence-electron chi connectivity index (χ1n) is 2.38. The molecule has 0 atom stereocenters. The van der Waals surface area contributed by atoms with Crippen LogP contribution in [0.4, 0.5) is 0 Å². The molecule has 0 aliphatic carbocycles. The summed E-state index contributed by atoms with van der Waals surface area (Å²) in [7, 11) is 0. The summed E-state index contributed by atoms with van der Waals surface area (Å²) in [6.07, 6.45) is 2.40. The predicted octanol–water partition coefficient (Wildman–Crippen LogP) is 1.24. The van der Waals surface area contributed by atoms with Gasteiger partial charge in [-0.15, -0.1) is 11.3 Å². The molecule has 1 aromatic heterocycles. The van der Waals surface area contributed by atoms with Gasteiger partial charge in [-0.1, -0.05) is 0 Å². The quantitative estimate of drug-likeness (QED) is 0.491. The van der Waals surface area contributed by atoms with Crippen molar-refractivity contribution in [3.8, 4) is 0 Å². The average Bonchev–Trinajstić information content (AvgIpc) is 2.22. The molecule has 1 aromatic rings. The Labute approximate surface area is 46.0 Å². The summed E-state index contributed by atoms with van der Waals surface area (Å²) in [5, 5.41) is 3.45. The van der Waals surface area contributed by atoms with E-state index in [9.17, 15) is 0 Å². The molecule has 0 saturated heterocycles. The maximum Gasteiger partial charge on any atom is 0.0932 e. The molecule has 2 rings (SSSR count). The van der Waals surface area contributed by atoms with Crippen LogP contribution >= 0.6 is 11.3 Å². The molecule has 0 aromatic carbocycles. The number of thiazole rings is 1. The highest BCUT2D eigenvalue weighted by molar-refractivity contribution is 7.09. The highest BCUT2D eigenvalue weighted by atomic mass is 32.1. The predicted molar refractivity (Wildman–Crippen MR) is 29.5 cm³/mol. The van der Waals surface area contributed by atoms with Crippen LogP contribution in [-0.2, 0) is 12.8 Å². The lowest BCUT2D eigenvalue weighted by atomic mass is 10.3. The molecule has 2 heteroatoms. The van der Waals surface area contributed by atoms with Gasteiger partial charge < -0.3 is 0 Å². The van der Waals surface area contributed by atoms with Crippen LogP contribution in [0.5, 0.6) is 0 Å². The maximum atomic E-state index is 4.24. The summed E-state index contributed by atoms with van der Waals surface area (Å²) in [4.78, 5) is 4.24. The fourth-order valence-electron chi connectivity index (χ4n) is 0.814. The van der Waals surface area contributed by atoms with Crippen LogP contribution in [0.3, 0.4) is 0 Å². The monoisotopic (exact) mass is 111 g/mol. The molecular weight excluding hydrogens is 106 g/mol. The van der Waals surface area contributed by atoms with Crippen LogP contribution in [0, 0.1) is 0 Å². The Kier molecular flexibility index (Phi) is 0.551. The van der Waals surface area contributed by atoms with Crippen molar-refractivity contribution >= 4 is 11.3 Å². The zero-order valence-electron chi connectivity index (χ0n) is 3.85. The van der Waals surface area contributed by atoms with E-state index in [0.717, 1.165) is 0 Å². The van der Waals surface area contributed by atoms with Crippen molar-refractivity contribution in [1.82, 2.24) is 4.98 Å². The number of fused-ring (bicyclic) bond motifs is 2. The van der Waals surface area contributed by atoms with Gasteiger partial charge in [-0.2, -0.15) is 0 Å². The molecule has 0 fully saturated rings. The van der Waals surface area contributed by atoms with E-state index in [-0.39, 0.29) is 0 Å². The molecule has 0 radical (unpaired) electrons. The first-order valence-corrected chi connectivity index (χ1v) is 3.26. The zero-order chi connectivity index (χ0) is 4.69. The largest absolute Gasteiger partial charge is 0.246 e. The summed E-state index contributed by atoms with van der Waals surface area (Å²) in [5.74, 6) is 0. The third-order valence-electron chi connectivity index (χ3n) is 1.19. The van der Waals surface area contributed by atoms with Crippen molar-refractivity contribution in [2.75, 3.05) is 0 Å². The topological polar surface area (TPSA) is 12.9 Å². The van der Waals surface area contributed by atoms with E-state index in [1.54, 1.807) is 11.3 Å². The Hall–Kier alpha value is -0.370. The highest BCUT2D eigenvalue weighted by Gasteiger charge is 2.08. The molecule has 7 heavy (non-hydrogen) atoms. The molecular formula is C5H5NS. The van der Waals surface area contributed by atoms with Crippen LogP contribution < -0.4 is 0 Å². The van der Waals surface area contributed by atoms with Crippen LogP contribution in [0.1, 0.15) is 10.7 Å². The minimum atomic E-state index is 1.20. The first-order chi connectivity index (χ1) is 3.45. The highest BCUT2D eigenvalue weighted by Crippen LogP contribution is 2.18. The summed E-state index contributed by atoms with van der Waals surface area (Å²) in [6, 6.07) is 0. The van der Waals surface area contributed by atoms with Gasteiger partial charge in [0.1, 0.15) is 0 Å². The molecule has 0 unspecified atom stereocenters. The third kappa shape index (κ3) is 0.399. The van der Waals surface area contributed by atoms with Gasteiger partial charge in [-0.05, 0) is 6.42 Å². The third-order valence-corrected chi connectivity index (χ3v) is 2.15. The second kappa shape index (κ2) is 1.07. The lowest BCUT2D eigenvalue weighted by Crippen LogP contribution is -1.77. The molecule has 0 spiro atoms. The van der Waals surface area contributed by atoms with Crippen molar-refractivity contribution in [2.24, 2.45) is 0 Å². The van der Waals surface area contributed by atoms with Gasteiger partial charge in [0, 0.05) is 11.8 Å². The molecule has 0 saturated carbocycles. The standard InChI is InChI=1S/C5H5NS/c1-2-5-6-4(1)3-7-5/h3H,1-2H2. The summed E-state index contributed by atoms with van der Waals surface area (Å²) in [6.45, 7) is 0. The number of aryl methyl sites for hydroxylation is 2. The average molecular weight is 111 g/mol. The van der Waals surface area contributed by atoms with Gasteiger partial charge in [-0.25, -0.2) is 4.98 Å². The second-order valence-electron chi connectivity index (χ2n) is 1.73. The van der Waals surface area contributed by atoms with E-state index in [4.69, 9.17) is 0 Å². The van der Waals surface area contributed by atoms with E-state index in [0.29, 0.717) is 0 Å². The van der Waals surface area contributed by atoms with E-state index in [1.165, 1.54) is 23.5 Å². The molecule has 1 aliphatic heterocycles. The van der Waals surface area contributed by atoms with Crippen molar-refractivity contribution in [1.29, 1.82) is 0 Å². The van der Waals surface area contributed by atoms with E-state index < -0.39 is 0 Å². The smallest absolute Gasteiger partial charge is 0.0932 e. The van der Waals surface area contributed by atoms with Crippen LogP contribution in [-0.4, -0.2) is 4.98 Å². The van der Waals surface area contributed by atoms with Gasteiger partial charge >= 0.3 is 0 Å². The lowest BCUT2D eigenvalue weighted by molar-refractivity contribution is 1.04. The molecule has 36 valence electrons. The fourth-order valence-corrected chi connectivity index (χ4v) is 1.65. The lowest BCUT2D eigenvalue weighted by Gasteiger charge is -1.83. The van der Waals surface area contributed by atoms with Gasteiger partial charge in [0.2, 0.25) is 0 Å². The number of aromatic nitrogens is 1. The normalized spacial score (nSPS) is 15.4. The number of hydrogen-bond donors (Lipinski definition) is 0. The van der Waals surface area contributed by atoms with Crippen LogP contribution in [0.25, 0.3) is 0 Å². The Balaban J connectivity index is 2.71. The van der Waals surface area contributed by atoms with E-state index in [1.807, 2.05) is 0 Å². The fraction of sp³-hybridized carbons (Fsp3) is 0.400. The number of rotatable bonds is 0. The van der Waals surface area contributed by atoms with E-state index in [2.05, 4.69) is 10.4 Å². The Morgan fingerprint density at radius 2 is 2.57 bits per heavy atom. The molecule has 0 N–H and O–H groups in total. The molecule has 0 amide bonds. The Morgan fingerprint density at radius 3 is 2.71 bits per heavy atom. The molecule has 1 aliphatic rings. The number of nitrogens with zero attached hydrogens (tertiary/aromatic N) is 1. The number of hydrogen-bond acceptors (Lipinski definition) is 2. The summed E-state index contributed by atoms with van der Waals surface area (Å²) < 4.78 is 0. The maximum absolute atomic E-state index is 4.24. The van der Waals surface area contributed by atoms with E-state index >= 15 is 0 Å². The molecule has 2 heterocycles. The molecule has 2 bridgehead atoms. The van der Waals surface area contributed by atoms with Crippen molar-refractivity contribution in [2.45, 2.75) is 12.8 Å². The zero-order valence-corrected chi connectivity index (χ0v) is 4.66. The summed E-state index contributed by atoms with van der Waals surface area (Å²) in [5.41, 5.74) is 1.29. The van der Waals surface area contributed by atoms with Crippen LogP contribution in [0.15, 0.2) is 5.38 Å². The minimum Gasteiger partial charge on any atom is -0.246 e. The SMILES string of the molecule is c1sc2nc1CC2. The second-order valence-corrected chi connectivity index (χ2v) is 2.68. The van der Waals surface area contributed by atoms with Crippen molar-refractivity contribution < 1.29 is 0 Å². The minimum absolute atomic E-state index is 1.20. The van der Waals surface area contributed by atoms with Crippen LogP contribution in [0.2, 0.25) is 0 Å².